The van der Waals surface area contributed by atoms with Gasteiger partial charge in [0.15, 0.2) is 18.9 Å². The Balaban J connectivity index is 1.94. The van der Waals surface area contributed by atoms with Crippen LogP contribution in [0, 0.1) is 17.0 Å². The van der Waals surface area contributed by atoms with E-state index in [-0.39, 0.29) is 43.5 Å². The number of aromatic nitrogens is 1. The van der Waals surface area contributed by atoms with Crippen molar-refractivity contribution in [3.05, 3.63) is 63.1 Å². The van der Waals surface area contributed by atoms with Gasteiger partial charge in [0, 0.05) is 63.5 Å². The molecular formula is C26H34F2N3O7P. The lowest BCUT2D eigenvalue weighted by molar-refractivity contribution is 0.0281. The molecule has 3 unspecified atom stereocenters. The fraction of sp³-hybridized carbons (Fsp3) is 0.500. The van der Waals surface area contributed by atoms with Crippen LogP contribution in [0.3, 0.4) is 0 Å². The van der Waals surface area contributed by atoms with Gasteiger partial charge >= 0.3 is 0 Å². The molecule has 13 heteroatoms. The number of rotatable bonds is 11. The van der Waals surface area contributed by atoms with Crippen molar-refractivity contribution in [1.29, 1.82) is 0 Å². The van der Waals surface area contributed by atoms with E-state index in [4.69, 9.17) is 4.74 Å². The molecule has 39 heavy (non-hydrogen) atoms. The first-order valence-corrected chi connectivity index (χ1v) is 14.7. The number of nitrogens with zero attached hydrogens (tertiary/aromatic N) is 2. The van der Waals surface area contributed by atoms with Crippen LogP contribution in [-0.4, -0.2) is 77.3 Å². The zero-order chi connectivity index (χ0) is 29.1. The summed E-state index contributed by atoms with van der Waals surface area (Å²) in [4.78, 5) is 51.1. The molecule has 0 radical (unpaired) electrons. The molecule has 0 fully saturated rings. The number of hydrogen-bond donors (Lipinski definition) is 3. The second kappa shape index (κ2) is 12.1. The molecule has 1 aliphatic rings. The Hall–Kier alpha value is -2.92. The number of ketones is 1. The number of hydrogen-bond acceptors (Lipinski definition) is 7. The van der Waals surface area contributed by atoms with Crippen LogP contribution < -0.4 is 10.7 Å². The number of halogens is 2. The van der Waals surface area contributed by atoms with Gasteiger partial charge in [-0.05, 0) is 32.5 Å². The monoisotopic (exact) mass is 569 g/mol. The number of ether oxygens (including phenoxy) is 1. The highest BCUT2D eigenvalue weighted by molar-refractivity contribution is 7.57. The normalized spacial score (nSPS) is 20.5. The third kappa shape index (κ3) is 6.81. The van der Waals surface area contributed by atoms with Crippen LogP contribution in [0.5, 0.6) is 5.75 Å². The highest BCUT2D eigenvalue weighted by Crippen LogP contribution is 2.41. The third-order valence-electron chi connectivity index (χ3n) is 7.24. The summed E-state index contributed by atoms with van der Waals surface area (Å²) in [6, 6.07) is 2.40. The number of likely N-dealkylation sites (N-methyl/N-ethyl adjacent to an activating group) is 1. The first kappa shape index (κ1) is 30.6. The van der Waals surface area contributed by atoms with Gasteiger partial charge in [0.25, 0.3) is 5.91 Å². The molecule has 3 rings (SSSR count). The fourth-order valence-electron chi connectivity index (χ4n) is 4.93. The quantitative estimate of drug-likeness (QED) is 0.351. The SMILES string of the molecule is COCCC1(C)C(=O)c2c(O)c(=O)c(C(=O)NCc3ccc(F)cc3F)cn2CC1N(C)CCCP(C)(=O)O. The summed E-state index contributed by atoms with van der Waals surface area (Å²) < 4.78 is 45.4. The Kier molecular flexibility index (Phi) is 9.48. The number of methoxy groups -OCH3 is 1. The molecule has 3 N–H and O–H groups in total. The van der Waals surface area contributed by atoms with Gasteiger partial charge in [-0.1, -0.05) is 13.0 Å². The van der Waals surface area contributed by atoms with Gasteiger partial charge in [0.05, 0.1) is 5.41 Å². The molecule has 0 aliphatic carbocycles. The minimum atomic E-state index is -3.21. The molecule has 0 saturated carbocycles. The van der Waals surface area contributed by atoms with Gasteiger partial charge in [-0.3, -0.25) is 18.9 Å². The smallest absolute Gasteiger partial charge is 0.257 e. The van der Waals surface area contributed by atoms with Gasteiger partial charge < -0.3 is 29.5 Å². The van der Waals surface area contributed by atoms with Crippen molar-refractivity contribution < 1.29 is 37.7 Å². The molecular weight excluding hydrogens is 535 g/mol. The summed E-state index contributed by atoms with van der Waals surface area (Å²) in [5.74, 6) is -3.91. The van der Waals surface area contributed by atoms with Crippen LogP contribution in [0.1, 0.15) is 46.2 Å². The third-order valence-corrected chi connectivity index (χ3v) is 8.38. The van der Waals surface area contributed by atoms with Crippen LogP contribution in [0.2, 0.25) is 0 Å². The van der Waals surface area contributed by atoms with E-state index in [2.05, 4.69) is 5.32 Å². The minimum absolute atomic E-state index is 0.00249. The minimum Gasteiger partial charge on any atom is -0.503 e. The van der Waals surface area contributed by atoms with Crippen molar-refractivity contribution in [2.75, 3.05) is 40.1 Å². The van der Waals surface area contributed by atoms with Crippen molar-refractivity contribution in [2.45, 2.75) is 38.9 Å². The molecule has 1 aromatic carbocycles. The number of fused-ring (bicyclic) bond motifs is 1. The first-order valence-electron chi connectivity index (χ1n) is 12.4. The van der Waals surface area contributed by atoms with Crippen LogP contribution in [-0.2, 0) is 22.4 Å². The zero-order valence-corrected chi connectivity index (χ0v) is 23.3. The van der Waals surface area contributed by atoms with Gasteiger partial charge in [-0.25, -0.2) is 8.78 Å². The maximum Gasteiger partial charge on any atom is 0.257 e. The average molecular weight is 570 g/mol. The van der Waals surface area contributed by atoms with E-state index < -0.39 is 58.9 Å². The summed E-state index contributed by atoms with van der Waals surface area (Å²) >= 11 is 0. The molecule has 2 aromatic rings. The van der Waals surface area contributed by atoms with Crippen LogP contribution in [0.4, 0.5) is 8.78 Å². The van der Waals surface area contributed by atoms with E-state index in [0.717, 1.165) is 12.1 Å². The lowest BCUT2D eigenvalue weighted by atomic mass is 9.71. The Morgan fingerprint density at radius 2 is 2.03 bits per heavy atom. The Labute approximate surface area is 225 Å². The molecule has 2 heterocycles. The predicted octanol–water partition coefficient (Wildman–Crippen LogP) is 2.59. The van der Waals surface area contributed by atoms with Crippen LogP contribution in [0.25, 0.3) is 0 Å². The average Bonchev–Trinajstić information content (AvgIpc) is 2.85. The van der Waals surface area contributed by atoms with E-state index in [0.29, 0.717) is 19.0 Å². The van der Waals surface area contributed by atoms with E-state index >= 15 is 0 Å². The maximum absolute atomic E-state index is 14.0. The van der Waals surface area contributed by atoms with Crippen molar-refractivity contribution >= 4 is 19.1 Å². The topological polar surface area (TPSA) is 138 Å². The number of Topliss-reactive ketones (excluding diaryl/α,β-unsaturated/α-hetero) is 1. The summed E-state index contributed by atoms with van der Waals surface area (Å²) in [6.45, 7) is 3.43. The van der Waals surface area contributed by atoms with Gasteiger partial charge in [-0.2, -0.15) is 0 Å². The molecule has 1 aliphatic heterocycles. The van der Waals surface area contributed by atoms with Crippen LogP contribution >= 0.6 is 7.37 Å². The summed E-state index contributed by atoms with van der Waals surface area (Å²) in [6.07, 6.45) is 1.98. The van der Waals surface area contributed by atoms with E-state index in [1.165, 1.54) is 24.5 Å². The van der Waals surface area contributed by atoms with Crippen molar-refractivity contribution in [3.8, 4) is 5.75 Å². The Morgan fingerprint density at radius 1 is 1.33 bits per heavy atom. The molecule has 0 bridgehead atoms. The predicted molar refractivity (Wildman–Crippen MR) is 140 cm³/mol. The van der Waals surface area contributed by atoms with Gasteiger partial charge in [-0.15, -0.1) is 0 Å². The van der Waals surface area contributed by atoms with Gasteiger partial charge in [0.2, 0.25) is 5.43 Å². The first-order chi connectivity index (χ1) is 18.2. The Bertz CT molecular complexity index is 1360. The number of pyridine rings is 1. The molecule has 214 valence electrons. The highest BCUT2D eigenvalue weighted by atomic mass is 31.2. The van der Waals surface area contributed by atoms with Gasteiger partial charge in [0.1, 0.15) is 22.9 Å². The molecule has 0 saturated heterocycles. The Morgan fingerprint density at radius 3 is 2.64 bits per heavy atom. The summed E-state index contributed by atoms with van der Waals surface area (Å²) in [5, 5.41) is 13.2. The molecule has 3 atom stereocenters. The molecule has 1 amide bonds. The lowest BCUT2D eigenvalue weighted by Gasteiger charge is -2.46. The highest BCUT2D eigenvalue weighted by Gasteiger charge is 2.49. The standard InChI is InChI=1S/C26H34F2N3O7P/c1-26(8-10-38-3)20(30(2)9-5-11-39(4,36)37)15-31-14-18(22(32)23(33)21(31)24(26)34)25(35)29-13-16-6-7-17(27)12-19(16)28/h6-7,12,14,20,33H,5,8-11,13,15H2,1-4H3,(H,29,35)(H,36,37). The van der Waals surface area contributed by atoms with Crippen LogP contribution in [0.15, 0.2) is 29.2 Å². The van der Waals surface area contributed by atoms with E-state index in [1.807, 2.05) is 4.90 Å². The van der Waals surface area contributed by atoms with Crippen molar-refractivity contribution in [2.24, 2.45) is 5.41 Å². The largest absolute Gasteiger partial charge is 0.503 e. The lowest BCUT2D eigenvalue weighted by Crippen LogP contribution is -2.56. The maximum atomic E-state index is 14.0. The van der Waals surface area contributed by atoms with E-state index in [9.17, 15) is 37.7 Å². The zero-order valence-electron chi connectivity index (χ0n) is 22.4. The fourth-order valence-corrected chi connectivity index (χ4v) is 5.66. The molecule has 1 aromatic heterocycles. The molecule has 0 spiro atoms. The number of carbonyl (C=O) groups excluding carboxylic acids is 2. The summed E-state index contributed by atoms with van der Waals surface area (Å²) in [5.41, 5.74) is -2.79. The molecule has 10 nitrogen and oxygen atoms in total. The number of benzene rings is 1. The summed E-state index contributed by atoms with van der Waals surface area (Å²) in [7, 11) is 0.0564. The number of carbonyl (C=O) groups is 2. The van der Waals surface area contributed by atoms with Crippen molar-refractivity contribution in [3.63, 3.8) is 0 Å². The number of aromatic hydroxyl groups is 1. The second-order valence-corrected chi connectivity index (χ2v) is 12.8. The second-order valence-electron chi connectivity index (χ2n) is 10.3. The number of nitrogens with one attached hydrogen (secondary N) is 1. The van der Waals surface area contributed by atoms with Crippen molar-refractivity contribution in [1.82, 2.24) is 14.8 Å². The number of amides is 1. The van der Waals surface area contributed by atoms with E-state index in [1.54, 1.807) is 14.0 Å².